The second-order valence-corrected chi connectivity index (χ2v) is 16.2. The first kappa shape index (κ1) is 31.1. The summed E-state index contributed by atoms with van der Waals surface area (Å²) in [6, 6.07) is 66.1. The van der Waals surface area contributed by atoms with Gasteiger partial charge in [0.2, 0.25) is 0 Å². The molecule has 3 heteroatoms. The van der Waals surface area contributed by atoms with Crippen molar-refractivity contribution in [1.29, 1.82) is 0 Å². The van der Waals surface area contributed by atoms with Crippen molar-refractivity contribution in [3.8, 4) is 33.4 Å². The van der Waals surface area contributed by atoms with Gasteiger partial charge in [-0.05, 0) is 103 Å². The molecule has 3 aromatic heterocycles. The number of fused-ring (bicyclic) bond motifs is 13. The minimum atomic E-state index is 0.907. The van der Waals surface area contributed by atoms with Gasteiger partial charge in [-0.1, -0.05) is 140 Å². The van der Waals surface area contributed by atoms with E-state index in [-0.39, 0.29) is 0 Å². The summed E-state index contributed by atoms with van der Waals surface area (Å²) in [4.78, 5) is 0. The summed E-state index contributed by atoms with van der Waals surface area (Å²) in [5.74, 6) is 0. The summed E-state index contributed by atoms with van der Waals surface area (Å²) in [6.45, 7) is 0. The van der Waals surface area contributed by atoms with Crippen LogP contribution in [0, 0.1) is 0 Å². The monoisotopic (exact) mass is 742 g/mol. The van der Waals surface area contributed by atoms with Gasteiger partial charge in [0.05, 0.1) is 0 Å². The minimum absolute atomic E-state index is 0.907. The molecule has 2 nitrogen and oxygen atoms in total. The molecule has 0 aliphatic carbocycles. The summed E-state index contributed by atoms with van der Waals surface area (Å²) in [6.07, 6.45) is 0. The molecule has 0 radical (unpaired) electrons. The lowest BCUT2D eigenvalue weighted by atomic mass is 9.85. The Morgan fingerprint density at radius 3 is 1.56 bits per heavy atom. The predicted octanol–water partition coefficient (Wildman–Crippen LogP) is 16.3. The Bertz CT molecular complexity index is 3750. The lowest BCUT2D eigenvalue weighted by Gasteiger charge is -2.18. The van der Waals surface area contributed by atoms with E-state index < -0.39 is 0 Å². The zero-order valence-corrected chi connectivity index (χ0v) is 31.4. The smallest absolute Gasteiger partial charge is 0.143 e. The van der Waals surface area contributed by atoms with Crippen LogP contribution < -0.4 is 0 Å². The van der Waals surface area contributed by atoms with E-state index in [1.165, 1.54) is 74.9 Å². The Labute approximate surface area is 330 Å². The molecule has 13 rings (SSSR count). The Hall–Kier alpha value is -7.20. The summed E-state index contributed by atoms with van der Waals surface area (Å²) in [7, 11) is 0. The zero-order valence-electron chi connectivity index (χ0n) is 30.5. The standard InChI is InChI=1S/C54H30O2S/c1-6-18-42-34(11-1)43(28-46-44-30-51-45(29-49(44)56-54(42)46)37-13-8-10-20-50(37)57-51)31-21-23-32(24-22-31)52-38-14-2-4-16-40(38)53(41-17-5-3-15-39(41)52)33-25-26-36-35-12-7-9-19-47(35)55-48(36)27-33/h1-30H. The molecule has 3 heterocycles. The normalized spacial score (nSPS) is 12.2. The summed E-state index contributed by atoms with van der Waals surface area (Å²) in [5, 5.41) is 14.4. The average molecular weight is 743 g/mol. The van der Waals surface area contributed by atoms with Crippen LogP contribution in [0.2, 0.25) is 0 Å². The van der Waals surface area contributed by atoms with Gasteiger partial charge in [0, 0.05) is 47.1 Å². The molecule has 0 aliphatic rings. The SMILES string of the molecule is c1ccc2c(c1)oc1cc(-c3c4ccccc4c(-c4ccc(-c5cc6c7cc8sc9ccccc9c8cc7oc6c6ccccc56)cc4)c4ccccc34)ccc12. The molecule has 0 unspecified atom stereocenters. The van der Waals surface area contributed by atoms with Gasteiger partial charge in [0.1, 0.15) is 22.3 Å². The van der Waals surface area contributed by atoms with Crippen molar-refractivity contribution in [2.45, 2.75) is 0 Å². The molecule has 0 N–H and O–H groups in total. The fourth-order valence-corrected chi connectivity index (χ4v) is 10.6. The van der Waals surface area contributed by atoms with Crippen molar-refractivity contribution in [2.24, 2.45) is 0 Å². The number of benzene rings is 10. The van der Waals surface area contributed by atoms with E-state index in [4.69, 9.17) is 8.83 Å². The van der Waals surface area contributed by atoms with Gasteiger partial charge in [-0.25, -0.2) is 0 Å². The zero-order chi connectivity index (χ0) is 37.2. The van der Waals surface area contributed by atoms with Gasteiger partial charge < -0.3 is 8.83 Å². The Morgan fingerprint density at radius 1 is 0.281 bits per heavy atom. The van der Waals surface area contributed by atoms with Gasteiger partial charge in [0.25, 0.3) is 0 Å². The number of rotatable bonds is 3. The Kier molecular flexibility index (Phi) is 6.35. The van der Waals surface area contributed by atoms with Crippen LogP contribution >= 0.6 is 11.3 Å². The van der Waals surface area contributed by atoms with Crippen molar-refractivity contribution in [3.63, 3.8) is 0 Å². The van der Waals surface area contributed by atoms with Crippen LogP contribution in [0.3, 0.4) is 0 Å². The number of hydrogen-bond donors (Lipinski definition) is 0. The first-order chi connectivity index (χ1) is 28.2. The number of thiophene rings is 1. The maximum atomic E-state index is 6.72. The highest BCUT2D eigenvalue weighted by molar-refractivity contribution is 7.25. The van der Waals surface area contributed by atoms with Gasteiger partial charge in [-0.2, -0.15) is 0 Å². The van der Waals surface area contributed by atoms with E-state index in [0.717, 1.165) is 54.8 Å². The van der Waals surface area contributed by atoms with Gasteiger partial charge in [-0.15, -0.1) is 11.3 Å². The average Bonchev–Trinajstić information content (AvgIpc) is 3.95. The van der Waals surface area contributed by atoms with Crippen LogP contribution in [-0.4, -0.2) is 0 Å². The molecule has 0 amide bonds. The molecule has 0 saturated carbocycles. The maximum absolute atomic E-state index is 6.72. The van der Waals surface area contributed by atoms with E-state index in [0.29, 0.717) is 0 Å². The van der Waals surface area contributed by atoms with Crippen LogP contribution in [0.1, 0.15) is 0 Å². The fraction of sp³-hybridized carbons (Fsp3) is 0. The number of furan rings is 2. The van der Waals surface area contributed by atoms with Crippen molar-refractivity contribution >= 4 is 108 Å². The molecule has 13 aromatic rings. The summed E-state index contributed by atoms with van der Waals surface area (Å²) >= 11 is 1.85. The molecular weight excluding hydrogens is 713 g/mol. The molecular formula is C54H30O2S. The van der Waals surface area contributed by atoms with E-state index in [2.05, 4.69) is 170 Å². The van der Waals surface area contributed by atoms with Crippen LogP contribution in [0.25, 0.3) is 130 Å². The third kappa shape index (κ3) is 4.46. The van der Waals surface area contributed by atoms with Crippen molar-refractivity contribution < 1.29 is 8.83 Å². The highest BCUT2D eigenvalue weighted by Crippen LogP contribution is 2.47. The van der Waals surface area contributed by atoms with Crippen LogP contribution in [0.15, 0.2) is 191 Å². The lowest BCUT2D eigenvalue weighted by molar-refractivity contribution is 0.669. The second-order valence-electron chi connectivity index (χ2n) is 15.1. The third-order valence-electron chi connectivity index (χ3n) is 12.1. The molecule has 0 atom stereocenters. The molecule has 57 heavy (non-hydrogen) atoms. The molecule has 0 aliphatic heterocycles. The fourth-order valence-electron chi connectivity index (χ4n) is 9.50. The summed E-state index contributed by atoms with van der Waals surface area (Å²) in [5.41, 5.74) is 10.9. The lowest BCUT2D eigenvalue weighted by Crippen LogP contribution is -1.91. The van der Waals surface area contributed by atoms with E-state index >= 15 is 0 Å². The largest absolute Gasteiger partial charge is 0.456 e. The molecule has 0 fully saturated rings. The van der Waals surface area contributed by atoms with E-state index in [1.807, 2.05) is 23.5 Å². The Balaban J connectivity index is 0.990. The molecule has 0 saturated heterocycles. The first-order valence-electron chi connectivity index (χ1n) is 19.4. The van der Waals surface area contributed by atoms with Gasteiger partial charge in [0.15, 0.2) is 0 Å². The third-order valence-corrected chi connectivity index (χ3v) is 13.2. The van der Waals surface area contributed by atoms with Crippen molar-refractivity contribution in [1.82, 2.24) is 0 Å². The first-order valence-corrected chi connectivity index (χ1v) is 20.2. The van der Waals surface area contributed by atoms with Crippen molar-refractivity contribution in [2.75, 3.05) is 0 Å². The minimum Gasteiger partial charge on any atom is -0.456 e. The summed E-state index contributed by atoms with van der Waals surface area (Å²) < 4.78 is 15.7. The highest BCUT2D eigenvalue weighted by atomic mass is 32.1. The van der Waals surface area contributed by atoms with Crippen LogP contribution in [0.5, 0.6) is 0 Å². The quantitative estimate of drug-likeness (QED) is 0.169. The number of para-hydroxylation sites is 1. The molecule has 10 aromatic carbocycles. The maximum Gasteiger partial charge on any atom is 0.143 e. The predicted molar refractivity (Wildman–Crippen MR) is 243 cm³/mol. The van der Waals surface area contributed by atoms with Crippen LogP contribution in [0.4, 0.5) is 0 Å². The molecule has 0 bridgehead atoms. The molecule has 264 valence electrons. The van der Waals surface area contributed by atoms with Crippen LogP contribution in [-0.2, 0) is 0 Å². The molecule has 0 spiro atoms. The highest BCUT2D eigenvalue weighted by Gasteiger charge is 2.20. The van der Waals surface area contributed by atoms with Crippen molar-refractivity contribution in [3.05, 3.63) is 182 Å². The van der Waals surface area contributed by atoms with E-state index in [9.17, 15) is 0 Å². The Morgan fingerprint density at radius 2 is 0.825 bits per heavy atom. The topological polar surface area (TPSA) is 26.3 Å². The van der Waals surface area contributed by atoms with Gasteiger partial charge >= 0.3 is 0 Å². The van der Waals surface area contributed by atoms with E-state index in [1.54, 1.807) is 0 Å². The van der Waals surface area contributed by atoms with Gasteiger partial charge in [-0.3, -0.25) is 0 Å². The number of hydrogen-bond acceptors (Lipinski definition) is 3. The second kappa shape index (κ2) is 11.7.